The van der Waals surface area contributed by atoms with Gasteiger partial charge in [-0.1, -0.05) is 31.0 Å². The number of rotatable bonds is 7. The van der Waals surface area contributed by atoms with E-state index < -0.39 is 0 Å². The molecule has 1 saturated carbocycles. The zero-order chi connectivity index (χ0) is 16.8. The van der Waals surface area contributed by atoms with Crippen molar-refractivity contribution in [3.05, 3.63) is 5.82 Å². The van der Waals surface area contributed by atoms with Gasteiger partial charge >= 0.3 is 0 Å². The molecule has 1 aromatic heterocycles. The summed E-state index contributed by atoms with van der Waals surface area (Å²) < 4.78 is 7.68. The molecule has 0 bridgehead atoms. The summed E-state index contributed by atoms with van der Waals surface area (Å²) in [5, 5.41) is 12.5. The van der Waals surface area contributed by atoms with Crippen molar-refractivity contribution in [1.29, 1.82) is 0 Å². The maximum atomic E-state index is 12.2. The largest absolute Gasteiger partial charge is 0.377 e. The number of carbonyl (C=O) groups is 1. The number of nitrogens with zero attached hydrogens (tertiary/aromatic N) is 3. The van der Waals surface area contributed by atoms with Crippen molar-refractivity contribution in [2.75, 3.05) is 18.9 Å². The van der Waals surface area contributed by atoms with Gasteiger partial charge in [-0.25, -0.2) is 0 Å². The molecule has 0 radical (unpaired) electrons. The normalized spacial score (nSPS) is 22.0. The fourth-order valence-electron chi connectivity index (χ4n) is 3.44. The van der Waals surface area contributed by atoms with Gasteiger partial charge in [0.05, 0.1) is 6.10 Å². The molecular formula is C17H28N4O2S. The van der Waals surface area contributed by atoms with Gasteiger partial charge in [0.25, 0.3) is 0 Å². The van der Waals surface area contributed by atoms with E-state index in [4.69, 9.17) is 4.74 Å². The standard InChI is InChI=1S/C17H28N4O2S/c1-21-15(9-10-18-16(22)13-6-3-2-4-7-13)19-20-17(21)24-12-14-8-5-11-23-14/h13-14H,2-12H2,1H3,(H,18,22). The molecule has 2 aliphatic rings. The number of hydrogen-bond acceptors (Lipinski definition) is 5. The summed E-state index contributed by atoms with van der Waals surface area (Å²) >= 11 is 1.70. The number of carbonyl (C=O) groups excluding carboxylic acids is 1. The Bertz CT molecular complexity index is 537. The average molecular weight is 353 g/mol. The Morgan fingerprint density at radius 2 is 2.08 bits per heavy atom. The minimum Gasteiger partial charge on any atom is -0.377 e. The second kappa shape index (κ2) is 8.85. The molecule has 0 spiro atoms. The molecule has 2 heterocycles. The molecule has 1 N–H and O–H groups in total. The van der Waals surface area contributed by atoms with E-state index in [-0.39, 0.29) is 11.8 Å². The zero-order valence-corrected chi connectivity index (χ0v) is 15.3. The highest BCUT2D eigenvalue weighted by Gasteiger charge is 2.21. The third kappa shape index (κ3) is 4.72. The van der Waals surface area contributed by atoms with Gasteiger partial charge in [-0.05, 0) is 25.7 Å². The first-order valence-corrected chi connectivity index (χ1v) is 10.1. The number of hydrogen-bond donors (Lipinski definition) is 1. The van der Waals surface area contributed by atoms with Crippen molar-refractivity contribution in [2.45, 2.75) is 62.6 Å². The third-order valence-corrected chi connectivity index (χ3v) is 6.12. The minimum atomic E-state index is 0.213. The van der Waals surface area contributed by atoms with Crippen LogP contribution in [0.5, 0.6) is 0 Å². The van der Waals surface area contributed by atoms with Crippen molar-refractivity contribution in [3.8, 4) is 0 Å². The summed E-state index contributed by atoms with van der Waals surface area (Å²) in [7, 11) is 2.00. The molecule has 1 aliphatic heterocycles. The summed E-state index contributed by atoms with van der Waals surface area (Å²) in [5.41, 5.74) is 0. The quantitative estimate of drug-likeness (QED) is 0.763. The Kier molecular flexibility index (Phi) is 6.54. The van der Waals surface area contributed by atoms with Crippen LogP contribution in [0.3, 0.4) is 0 Å². The van der Waals surface area contributed by atoms with Crippen molar-refractivity contribution >= 4 is 17.7 Å². The van der Waals surface area contributed by atoms with E-state index in [0.29, 0.717) is 12.6 Å². The first-order valence-electron chi connectivity index (χ1n) is 9.14. The molecule has 3 rings (SSSR count). The summed E-state index contributed by atoms with van der Waals surface area (Å²) in [6.07, 6.45) is 9.11. The molecule has 1 amide bonds. The Morgan fingerprint density at radius 3 is 2.83 bits per heavy atom. The van der Waals surface area contributed by atoms with Crippen LogP contribution in [-0.2, 0) is 23.0 Å². The maximum Gasteiger partial charge on any atom is 0.223 e. The Labute approximate surface area is 148 Å². The molecule has 1 aromatic rings. The highest BCUT2D eigenvalue weighted by molar-refractivity contribution is 7.99. The molecule has 24 heavy (non-hydrogen) atoms. The Hall–Kier alpha value is -1.08. The smallest absolute Gasteiger partial charge is 0.223 e. The summed E-state index contributed by atoms with van der Waals surface area (Å²) in [4.78, 5) is 12.2. The van der Waals surface area contributed by atoms with Crippen molar-refractivity contribution in [1.82, 2.24) is 20.1 Å². The lowest BCUT2D eigenvalue weighted by molar-refractivity contribution is -0.125. The van der Waals surface area contributed by atoms with Crippen LogP contribution >= 0.6 is 11.8 Å². The zero-order valence-electron chi connectivity index (χ0n) is 14.5. The molecule has 1 aliphatic carbocycles. The first kappa shape index (κ1) is 17.7. The van der Waals surface area contributed by atoms with Crippen LogP contribution in [0.25, 0.3) is 0 Å². The van der Waals surface area contributed by atoms with E-state index in [2.05, 4.69) is 15.5 Å². The van der Waals surface area contributed by atoms with Crippen LogP contribution < -0.4 is 5.32 Å². The number of amides is 1. The van der Waals surface area contributed by atoms with Crippen LogP contribution in [0.2, 0.25) is 0 Å². The van der Waals surface area contributed by atoms with E-state index in [9.17, 15) is 4.79 Å². The van der Waals surface area contributed by atoms with E-state index in [1.807, 2.05) is 11.6 Å². The number of aromatic nitrogens is 3. The average Bonchev–Trinajstić information content (AvgIpc) is 3.24. The second-order valence-electron chi connectivity index (χ2n) is 6.78. The highest BCUT2D eigenvalue weighted by Crippen LogP contribution is 2.24. The van der Waals surface area contributed by atoms with Gasteiger partial charge in [0, 0.05) is 38.3 Å². The van der Waals surface area contributed by atoms with E-state index in [1.54, 1.807) is 11.8 Å². The lowest BCUT2D eigenvalue weighted by Gasteiger charge is -2.20. The van der Waals surface area contributed by atoms with E-state index >= 15 is 0 Å². The summed E-state index contributed by atoms with van der Waals surface area (Å²) in [6, 6.07) is 0. The SMILES string of the molecule is Cn1c(CCNC(=O)C2CCCCC2)nnc1SCC1CCCO1. The van der Waals surface area contributed by atoms with Crippen LogP contribution in [-0.4, -0.2) is 45.7 Å². The van der Waals surface area contributed by atoms with Crippen LogP contribution in [0.1, 0.15) is 50.8 Å². The lowest BCUT2D eigenvalue weighted by atomic mass is 9.89. The second-order valence-corrected chi connectivity index (χ2v) is 7.77. The van der Waals surface area contributed by atoms with Gasteiger partial charge < -0.3 is 14.6 Å². The Morgan fingerprint density at radius 1 is 1.25 bits per heavy atom. The van der Waals surface area contributed by atoms with Gasteiger partial charge in [0.15, 0.2) is 5.16 Å². The Balaban J connectivity index is 1.41. The predicted molar refractivity (Wildman–Crippen MR) is 94.0 cm³/mol. The molecule has 6 nitrogen and oxygen atoms in total. The van der Waals surface area contributed by atoms with Crippen LogP contribution in [0, 0.1) is 5.92 Å². The van der Waals surface area contributed by atoms with Crippen LogP contribution in [0.4, 0.5) is 0 Å². The van der Waals surface area contributed by atoms with Crippen molar-refractivity contribution in [2.24, 2.45) is 13.0 Å². The van der Waals surface area contributed by atoms with Gasteiger partial charge in [-0.2, -0.15) is 0 Å². The van der Waals surface area contributed by atoms with Gasteiger partial charge in [-0.15, -0.1) is 10.2 Å². The predicted octanol–water partition coefficient (Wildman–Crippen LogP) is 2.33. The molecule has 0 aromatic carbocycles. The van der Waals surface area contributed by atoms with Gasteiger partial charge in [0.2, 0.25) is 5.91 Å². The minimum absolute atomic E-state index is 0.213. The van der Waals surface area contributed by atoms with E-state index in [0.717, 1.165) is 55.4 Å². The monoisotopic (exact) mass is 352 g/mol. The lowest BCUT2D eigenvalue weighted by Crippen LogP contribution is -2.33. The molecule has 1 atom stereocenters. The summed E-state index contributed by atoms with van der Waals surface area (Å²) in [5.74, 6) is 2.29. The highest BCUT2D eigenvalue weighted by atomic mass is 32.2. The summed E-state index contributed by atoms with van der Waals surface area (Å²) in [6.45, 7) is 1.52. The van der Waals surface area contributed by atoms with Gasteiger partial charge in [-0.3, -0.25) is 4.79 Å². The molecule has 1 unspecified atom stereocenters. The molecule has 1 saturated heterocycles. The first-order chi connectivity index (χ1) is 11.7. The van der Waals surface area contributed by atoms with Gasteiger partial charge in [0.1, 0.15) is 5.82 Å². The number of thioether (sulfide) groups is 1. The maximum absolute atomic E-state index is 12.2. The number of nitrogens with one attached hydrogen (secondary N) is 1. The molecule has 134 valence electrons. The number of ether oxygens (including phenoxy) is 1. The van der Waals surface area contributed by atoms with Crippen LogP contribution in [0.15, 0.2) is 5.16 Å². The topological polar surface area (TPSA) is 69.0 Å². The van der Waals surface area contributed by atoms with Crippen molar-refractivity contribution < 1.29 is 9.53 Å². The van der Waals surface area contributed by atoms with Crippen molar-refractivity contribution in [3.63, 3.8) is 0 Å². The molecule has 7 heteroatoms. The van der Waals surface area contributed by atoms with E-state index in [1.165, 1.54) is 19.3 Å². The fraction of sp³-hybridized carbons (Fsp3) is 0.824. The molecular weight excluding hydrogens is 324 g/mol. The molecule has 2 fully saturated rings. The third-order valence-electron chi connectivity index (χ3n) is 4.97. The fourth-order valence-corrected chi connectivity index (χ4v) is 4.43.